The maximum atomic E-state index is 13.6. The van der Waals surface area contributed by atoms with Crippen molar-refractivity contribution in [2.45, 2.75) is 19.5 Å². The lowest BCUT2D eigenvalue weighted by Crippen LogP contribution is -2.20. The Labute approximate surface area is 142 Å². The fraction of sp³-hybridized carbons (Fsp3) is 0.200. The van der Waals surface area contributed by atoms with Crippen LogP contribution in [0.5, 0.6) is 0 Å². The van der Waals surface area contributed by atoms with Crippen LogP contribution >= 0.6 is 0 Å². The monoisotopic (exact) mass is 323 g/mol. The number of benzene rings is 2. The largest absolute Gasteiger partial charge is 0.388 e. The van der Waals surface area contributed by atoms with Gasteiger partial charge in [0.05, 0.1) is 6.04 Å². The van der Waals surface area contributed by atoms with Crippen LogP contribution in [0.25, 0.3) is 5.57 Å². The standard InChI is InChI=1S/C20H22FN3/c1-13-10-15(7-8-18(13)21)20-17(4-3-9-24-20)14-5-6-16(12-22)19(11-14)23-2/h3-11,20,23-24H,12,22H2,1-2H3. The third kappa shape index (κ3) is 3.05. The molecule has 124 valence electrons. The molecule has 1 atom stereocenters. The Kier molecular flexibility index (Phi) is 4.67. The van der Waals surface area contributed by atoms with Gasteiger partial charge in [-0.2, -0.15) is 0 Å². The molecule has 1 aliphatic heterocycles. The van der Waals surface area contributed by atoms with Crippen molar-refractivity contribution >= 4 is 11.3 Å². The molecule has 2 aromatic carbocycles. The Balaban J connectivity index is 2.02. The fourth-order valence-electron chi connectivity index (χ4n) is 3.04. The number of hydrogen-bond acceptors (Lipinski definition) is 3. The van der Waals surface area contributed by atoms with E-state index in [1.807, 2.05) is 37.5 Å². The molecule has 4 heteroatoms. The number of allylic oxidation sites excluding steroid dienone is 2. The first-order valence-corrected chi connectivity index (χ1v) is 8.04. The van der Waals surface area contributed by atoms with Crippen molar-refractivity contribution < 1.29 is 4.39 Å². The van der Waals surface area contributed by atoms with Crippen molar-refractivity contribution in [3.8, 4) is 0 Å². The molecule has 0 amide bonds. The van der Waals surface area contributed by atoms with Gasteiger partial charge in [0.2, 0.25) is 0 Å². The lowest BCUT2D eigenvalue weighted by Gasteiger charge is -2.25. The maximum absolute atomic E-state index is 13.6. The van der Waals surface area contributed by atoms with Gasteiger partial charge in [-0.25, -0.2) is 4.39 Å². The molecule has 1 aliphatic rings. The Morgan fingerprint density at radius 3 is 2.75 bits per heavy atom. The molecule has 2 aromatic rings. The number of halogens is 1. The van der Waals surface area contributed by atoms with Crippen LogP contribution in [-0.2, 0) is 6.54 Å². The Morgan fingerprint density at radius 1 is 1.21 bits per heavy atom. The van der Waals surface area contributed by atoms with Crippen molar-refractivity contribution in [1.29, 1.82) is 0 Å². The van der Waals surface area contributed by atoms with Gasteiger partial charge in [0.15, 0.2) is 0 Å². The average molecular weight is 323 g/mol. The van der Waals surface area contributed by atoms with Gasteiger partial charge in [-0.1, -0.05) is 30.3 Å². The molecular formula is C20H22FN3. The molecule has 3 nitrogen and oxygen atoms in total. The van der Waals surface area contributed by atoms with Gasteiger partial charge in [-0.15, -0.1) is 0 Å². The molecule has 0 aromatic heterocycles. The minimum atomic E-state index is -0.180. The van der Waals surface area contributed by atoms with E-state index in [0.29, 0.717) is 12.1 Å². The van der Waals surface area contributed by atoms with Crippen LogP contribution in [0.15, 0.2) is 54.8 Å². The van der Waals surface area contributed by atoms with Gasteiger partial charge >= 0.3 is 0 Å². The highest BCUT2D eigenvalue weighted by molar-refractivity contribution is 5.76. The van der Waals surface area contributed by atoms with Gasteiger partial charge in [-0.3, -0.25) is 0 Å². The highest BCUT2D eigenvalue weighted by atomic mass is 19.1. The number of hydrogen-bond donors (Lipinski definition) is 3. The third-order valence-corrected chi connectivity index (χ3v) is 4.39. The summed E-state index contributed by atoms with van der Waals surface area (Å²) in [7, 11) is 1.90. The maximum Gasteiger partial charge on any atom is 0.126 e. The van der Waals surface area contributed by atoms with Gasteiger partial charge in [0.25, 0.3) is 0 Å². The average Bonchev–Trinajstić information content (AvgIpc) is 2.63. The van der Waals surface area contributed by atoms with Gasteiger partial charge in [0.1, 0.15) is 5.82 Å². The highest BCUT2D eigenvalue weighted by Gasteiger charge is 2.20. The predicted octanol–water partition coefficient (Wildman–Crippen LogP) is 3.88. The molecule has 0 aliphatic carbocycles. The van der Waals surface area contributed by atoms with Crippen LogP contribution in [-0.4, -0.2) is 7.05 Å². The van der Waals surface area contributed by atoms with E-state index < -0.39 is 0 Å². The topological polar surface area (TPSA) is 50.1 Å². The van der Waals surface area contributed by atoms with E-state index >= 15 is 0 Å². The number of anilines is 1. The second kappa shape index (κ2) is 6.89. The zero-order valence-corrected chi connectivity index (χ0v) is 13.9. The van der Waals surface area contributed by atoms with Gasteiger partial charge in [0, 0.05) is 19.3 Å². The van der Waals surface area contributed by atoms with Crippen molar-refractivity contribution in [3.05, 3.63) is 82.8 Å². The molecule has 0 saturated carbocycles. The van der Waals surface area contributed by atoms with E-state index in [1.165, 1.54) is 6.07 Å². The molecule has 0 saturated heterocycles. The number of nitrogens with two attached hydrogens (primary N) is 1. The summed E-state index contributed by atoms with van der Waals surface area (Å²) in [5.74, 6) is -0.180. The van der Waals surface area contributed by atoms with Crippen molar-refractivity contribution in [3.63, 3.8) is 0 Å². The molecule has 0 fully saturated rings. The normalized spacial score (nSPS) is 16.5. The molecule has 4 N–H and O–H groups in total. The summed E-state index contributed by atoms with van der Waals surface area (Å²) in [4.78, 5) is 0. The molecule has 3 rings (SSSR count). The molecule has 0 radical (unpaired) electrons. The fourth-order valence-corrected chi connectivity index (χ4v) is 3.04. The summed E-state index contributed by atoms with van der Waals surface area (Å²) in [6, 6.07) is 11.5. The lowest BCUT2D eigenvalue weighted by molar-refractivity contribution is 0.616. The molecule has 1 heterocycles. The van der Waals surface area contributed by atoms with E-state index in [-0.39, 0.29) is 11.9 Å². The predicted molar refractivity (Wildman–Crippen MR) is 98.0 cm³/mol. The van der Waals surface area contributed by atoms with E-state index in [9.17, 15) is 4.39 Å². The Hall–Kier alpha value is -2.59. The summed E-state index contributed by atoms with van der Waals surface area (Å²) >= 11 is 0. The van der Waals surface area contributed by atoms with E-state index in [2.05, 4.69) is 28.8 Å². The molecule has 0 spiro atoms. The first-order valence-electron chi connectivity index (χ1n) is 8.04. The number of aryl methyl sites for hydroxylation is 1. The molecule has 0 bridgehead atoms. The van der Waals surface area contributed by atoms with Crippen LogP contribution in [0.4, 0.5) is 10.1 Å². The summed E-state index contributed by atoms with van der Waals surface area (Å²) in [6.45, 7) is 2.28. The minimum absolute atomic E-state index is 0.0114. The quantitative estimate of drug-likeness (QED) is 0.800. The van der Waals surface area contributed by atoms with Crippen LogP contribution in [0.1, 0.15) is 28.3 Å². The second-order valence-corrected chi connectivity index (χ2v) is 5.92. The van der Waals surface area contributed by atoms with E-state index in [1.54, 1.807) is 6.92 Å². The molecule has 24 heavy (non-hydrogen) atoms. The van der Waals surface area contributed by atoms with Crippen LogP contribution < -0.4 is 16.4 Å². The van der Waals surface area contributed by atoms with Crippen LogP contribution in [0.2, 0.25) is 0 Å². The smallest absolute Gasteiger partial charge is 0.126 e. The third-order valence-electron chi connectivity index (χ3n) is 4.39. The second-order valence-electron chi connectivity index (χ2n) is 5.92. The summed E-state index contributed by atoms with van der Waals surface area (Å²) in [5, 5.41) is 6.58. The summed E-state index contributed by atoms with van der Waals surface area (Å²) < 4.78 is 13.6. The lowest BCUT2D eigenvalue weighted by atomic mass is 9.89. The minimum Gasteiger partial charge on any atom is -0.388 e. The van der Waals surface area contributed by atoms with Crippen LogP contribution in [0.3, 0.4) is 0 Å². The molecular weight excluding hydrogens is 301 g/mol. The SMILES string of the molecule is CNc1cc(C2=CC=CNC2c2ccc(F)c(C)c2)ccc1CN. The van der Waals surface area contributed by atoms with Gasteiger partial charge in [-0.05, 0) is 59.2 Å². The highest BCUT2D eigenvalue weighted by Crippen LogP contribution is 2.34. The van der Waals surface area contributed by atoms with Crippen LogP contribution in [0, 0.1) is 12.7 Å². The van der Waals surface area contributed by atoms with Crippen molar-refractivity contribution in [2.24, 2.45) is 5.73 Å². The molecule has 1 unspecified atom stereocenters. The van der Waals surface area contributed by atoms with Crippen molar-refractivity contribution in [2.75, 3.05) is 12.4 Å². The zero-order chi connectivity index (χ0) is 17.1. The number of nitrogens with one attached hydrogen (secondary N) is 2. The first-order chi connectivity index (χ1) is 11.6. The van der Waals surface area contributed by atoms with Crippen molar-refractivity contribution in [1.82, 2.24) is 5.32 Å². The number of rotatable bonds is 4. The van der Waals surface area contributed by atoms with E-state index in [0.717, 1.165) is 28.0 Å². The summed E-state index contributed by atoms with van der Waals surface area (Å²) in [5.41, 5.74) is 11.8. The summed E-state index contributed by atoms with van der Waals surface area (Å²) in [6.07, 6.45) is 5.99. The number of dihydropyridines is 1. The van der Waals surface area contributed by atoms with Gasteiger partial charge < -0.3 is 16.4 Å². The Bertz CT molecular complexity index is 809. The zero-order valence-electron chi connectivity index (χ0n) is 13.9. The van der Waals surface area contributed by atoms with E-state index in [4.69, 9.17) is 5.73 Å². The Morgan fingerprint density at radius 2 is 2.04 bits per heavy atom. The first kappa shape index (κ1) is 16.3.